The van der Waals surface area contributed by atoms with E-state index < -0.39 is 0 Å². The number of rotatable bonds is 11. The van der Waals surface area contributed by atoms with Gasteiger partial charge in [0.2, 0.25) is 0 Å². The average molecular weight is 1200 g/mol. The quantitative estimate of drug-likeness (QED) is 0.121. The number of hydrogen-bond acceptors (Lipinski definition) is 3. The molecule has 0 radical (unpaired) electrons. The van der Waals surface area contributed by atoms with Crippen molar-refractivity contribution in [3.8, 4) is 95.0 Å². The van der Waals surface area contributed by atoms with Crippen molar-refractivity contribution >= 4 is 79.0 Å². The number of aromatic nitrogens is 2. The smallest absolute Gasteiger partial charge is 0.252 e. The Bertz CT molecular complexity index is 5270. The van der Waals surface area contributed by atoms with E-state index in [1.165, 1.54) is 71.7 Å². The van der Waals surface area contributed by atoms with E-state index in [1.807, 2.05) is 0 Å². The van der Waals surface area contributed by atoms with Crippen LogP contribution in [0.4, 0.5) is 34.1 Å². The fraction of sp³-hybridized carbons (Fsp3) is 0. The molecule has 2 aliphatic rings. The molecule has 2 aliphatic heterocycles. The molecule has 2 aromatic heterocycles. The third kappa shape index (κ3) is 9.44. The van der Waals surface area contributed by atoms with Crippen LogP contribution in [0.15, 0.2) is 358 Å². The third-order valence-electron chi connectivity index (χ3n) is 19.2. The predicted octanol–water partition coefficient (Wildman–Crippen LogP) is 21.6. The second kappa shape index (κ2) is 22.9. The van der Waals surface area contributed by atoms with E-state index in [1.54, 1.807) is 0 Å². The second-order valence-electron chi connectivity index (χ2n) is 24.6. The summed E-state index contributed by atoms with van der Waals surface area (Å²) < 4.78 is 2.47. The zero-order chi connectivity index (χ0) is 62.1. The van der Waals surface area contributed by atoms with Crippen molar-refractivity contribution in [1.82, 2.24) is 9.55 Å². The zero-order valence-electron chi connectivity index (χ0n) is 51.4. The van der Waals surface area contributed by atoms with E-state index in [0.717, 1.165) is 95.6 Å². The highest BCUT2D eigenvalue weighted by molar-refractivity contribution is 7.00. The first kappa shape index (κ1) is 54.6. The third-order valence-corrected chi connectivity index (χ3v) is 19.2. The Hall–Kier alpha value is -12.3. The van der Waals surface area contributed by atoms with E-state index in [2.05, 4.69) is 372 Å². The molecule has 4 nitrogen and oxygen atoms in total. The Morgan fingerprint density at radius 3 is 1.09 bits per heavy atom. The molecular formula is C89H59BN4. The van der Waals surface area contributed by atoms with Crippen LogP contribution in [-0.2, 0) is 0 Å². The van der Waals surface area contributed by atoms with Crippen LogP contribution in [0.2, 0.25) is 0 Å². The second-order valence-corrected chi connectivity index (χ2v) is 24.6. The zero-order valence-corrected chi connectivity index (χ0v) is 51.4. The minimum Gasteiger partial charge on any atom is -0.311 e. The topological polar surface area (TPSA) is 24.3 Å². The van der Waals surface area contributed by atoms with Gasteiger partial charge in [-0.05, 0) is 163 Å². The molecule has 0 N–H and O–H groups in total. The molecule has 16 aromatic rings. The van der Waals surface area contributed by atoms with Gasteiger partial charge in [-0.3, -0.25) is 0 Å². The van der Waals surface area contributed by atoms with Gasteiger partial charge in [0.1, 0.15) is 0 Å². The SMILES string of the molecule is c1ccc(-c2ccc(N3c4ccc(-c5ccccc5)cc4B4c5cc(-c6ccccc6)ccc5N(c5ccc(-c6ccccc6)cc5)c5cc(-c6ccc7c(c6)c6ccccc6n7-c6ccccc6-c6cc(-c7ccccc7)nc(-c7ccccc7)c6)cc3c54)cc2)cc1. The van der Waals surface area contributed by atoms with Gasteiger partial charge in [-0.25, -0.2) is 4.98 Å². The first-order valence-electron chi connectivity index (χ1n) is 32.4. The summed E-state index contributed by atoms with van der Waals surface area (Å²) in [5.41, 5.74) is 31.9. The van der Waals surface area contributed by atoms with E-state index in [4.69, 9.17) is 4.98 Å². The normalized spacial score (nSPS) is 12.2. The Balaban J connectivity index is 0.875. The molecule has 0 bridgehead atoms. The largest absolute Gasteiger partial charge is 0.311 e. The van der Waals surface area contributed by atoms with Gasteiger partial charge in [0.05, 0.1) is 28.1 Å². The van der Waals surface area contributed by atoms with Crippen LogP contribution in [0.25, 0.3) is 117 Å². The number of hydrogen-bond donors (Lipinski definition) is 0. The fourth-order valence-electron chi connectivity index (χ4n) is 14.7. The molecule has 4 heterocycles. The molecule has 0 saturated carbocycles. The highest BCUT2D eigenvalue weighted by atomic mass is 15.2. The van der Waals surface area contributed by atoms with E-state index in [0.29, 0.717) is 0 Å². The Morgan fingerprint density at radius 2 is 0.596 bits per heavy atom. The first-order valence-corrected chi connectivity index (χ1v) is 32.4. The van der Waals surface area contributed by atoms with E-state index in [9.17, 15) is 0 Å². The van der Waals surface area contributed by atoms with Crippen molar-refractivity contribution in [1.29, 1.82) is 0 Å². The summed E-state index contributed by atoms with van der Waals surface area (Å²) in [6.07, 6.45) is 0. The van der Waals surface area contributed by atoms with Gasteiger partial charge >= 0.3 is 0 Å². The van der Waals surface area contributed by atoms with Gasteiger partial charge in [-0.1, -0.05) is 273 Å². The summed E-state index contributed by atoms with van der Waals surface area (Å²) in [4.78, 5) is 10.4. The molecule has 0 aliphatic carbocycles. The van der Waals surface area contributed by atoms with Crippen LogP contribution in [0.5, 0.6) is 0 Å². The Kier molecular flexibility index (Phi) is 13.3. The van der Waals surface area contributed by atoms with Crippen molar-refractivity contribution in [3.63, 3.8) is 0 Å². The lowest BCUT2D eigenvalue weighted by Gasteiger charge is -2.44. The molecule has 0 unspecified atom stereocenters. The van der Waals surface area contributed by atoms with Crippen molar-refractivity contribution in [3.05, 3.63) is 358 Å². The van der Waals surface area contributed by atoms with Crippen molar-refractivity contribution in [2.75, 3.05) is 9.80 Å². The number of benzene rings is 14. The van der Waals surface area contributed by atoms with Gasteiger partial charge in [0.25, 0.3) is 6.71 Å². The maximum atomic E-state index is 5.29. The maximum absolute atomic E-state index is 5.29. The number of pyridine rings is 1. The monoisotopic (exact) mass is 1190 g/mol. The highest BCUT2D eigenvalue weighted by Gasteiger charge is 2.44. The summed E-state index contributed by atoms with van der Waals surface area (Å²) in [5, 5.41) is 2.36. The first-order chi connectivity index (χ1) is 46.6. The fourth-order valence-corrected chi connectivity index (χ4v) is 14.7. The molecule has 14 aromatic carbocycles. The maximum Gasteiger partial charge on any atom is 0.252 e. The van der Waals surface area contributed by atoms with Crippen molar-refractivity contribution < 1.29 is 0 Å². The molecule has 0 atom stereocenters. The van der Waals surface area contributed by atoms with Crippen molar-refractivity contribution in [2.45, 2.75) is 0 Å². The summed E-state index contributed by atoms with van der Waals surface area (Å²) >= 11 is 0. The van der Waals surface area contributed by atoms with Crippen LogP contribution < -0.4 is 26.2 Å². The molecule has 94 heavy (non-hydrogen) atoms. The summed E-state index contributed by atoms with van der Waals surface area (Å²) in [7, 11) is 0. The Labute approximate surface area is 548 Å². The molecule has 0 amide bonds. The minimum atomic E-state index is -0.135. The lowest BCUT2D eigenvalue weighted by Crippen LogP contribution is -2.61. The number of fused-ring (bicyclic) bond motifs is 7. The number of nitrogens with zero attached hydrogens (tertiary/aromatic N) is 4. The van der Waals surface area contributed by atoms with Gasteiger partial charge < -0.3 is 14.4 Å². The highest BCUT2D eigenvalue weighted by Crippen LogP contribution is 2.49. The lowest BCUT2D eigenvalue weighted by atomic mass is 9.33. The summed E-state index contributed by atoms with van der Waals surface area (Å²) in [5.74, 6) is 0. The molecule has 0 saturated heterocycles. The molecule has 0 fully saturated rings. The van der Waals surface area contributed by atoms with Crippen LogP contribution in [0.1, 0.15) is 0 Å². The predicted molar refractivity (Wildman–Crippen MR) is 396 cm³/mol. The minimum absolute atomic E-state index is 0.135. The summed E-state index contributed by atoms with van der Waals surface area (Å²) in [6, 6.07) is 131. The Morgan fingerprint density at radius 1 is 0.223 bits per heavy atom. The number of anilines is 6. The van der Waals surface area contributed by atoms with Crippen LogP contribution >= 0.6 is 0 Å². The number of para-hydroxylation sites is 2. The van der Waals surface area contributed by atoms with Gasteiger partial charge in [0, 0.05) is 61.6 Å². The van der Waals surface area contributed by atoms with Gasteiger partial charge in [-0.2, -0.15) is 0 Å². The van der Waals surface area contributed by atoms with Crippen LogP contribution in [0, 0.1) is 0 Å². The summed E-state index contributed by atoms with van der Waals surface area (Å²) in [6.45, 7) is -0.135. The molecule has 0 spiro atoms. The van der Waals surface area contributed by atoms with Gasteiger partial charge in [0.15, 0.2) is 0 Å². The van der Waals surface area contributed by atoms with E-state index >= 15 is 0 Å². The molecule has 438 valence electrons. The molecular weight excluding hydrogens is 1140 g/mol. The van der Waals surface area contributed by atoms with Crippen molar-refractivity contribution in [2.24, 2.45) is 0 Å². The van der Waals surface area contributed by atoms with Crippen LogP contribution in [0.3, 0.4) is 0 Å². The van der Waals surface area contributed by atoms with Crippen LogP contribution in [-0.4, -0.2) is 16.3 Å². The standard InChI is InChI=1S/C89H59BN4/c1-7-23-60(24-8-1)64-39-46-73(47-40-64)92-85-51-44-69(62-27-11-3-12-28-62)54-78(85)90-79-55-70(63-29-13-4-14-30-63)45-52-86(79)93(74-48-41-65(42-49-74)61-25-9-2-10-26-61)88-59-71(58-87(92)89(88)90)68-43-50-84-77(53-68)76-36-20-22-38-83(76)94(84)82-37-21-19-35-75(82)72-56-80(66-31-15-5-16-32-66)91-81(57-72)67-33-17-6-18-34-67/h1-59H. The molecule has 5 heteroatoms. The average Bonchev–Trinajstić information content (AvgIpc) is 0.758. The molecule has 18 rings (SSSR count). The lowest BCUT2D eigenvalue weighted by molar-refractivity contribution is 1.18. The van der Waals surface area contributed by atoms with E-state index in [-0.39, 0.29) is 6.71 Å². The van der Waals surface area contributed by atoms with Gasteiger partial charge in [-0.15, -0.1) is 0 Å².